The van der Waals surface area contributed by atoms with Crippen LogP contribution in [0, 0.1) is 5.82 Å². The molecule has 1 heterocycles. The summed E-state index contributed by atoms with van der Waals surface area (Å²) in [5.74, 6) is -0.0311. The van der Waals surface area contributed by atoms with Gasteiger partial charge in [0.2, 0.25) is 0 Å². The summed E-state index contributed by atoms with van der Waals surface area (Å²) in [4.78, 5) is 15.8. The summed E-state index contributed by atoms with van der Waals surface area (Å²) in [6, 6.07) is 9.22. The molecule has 1 aromatic heterocycles. The average Bonchev–Trinajstić information content (AvgIpc) is 3.19. The summed E-state index contributed by atoms with van der Waals surface area (Å²) >= 11 is 0. The maximum atomic E-state index is 14.2. The van der Waals surface area contributed by atoms with E-state index in [1.54, 1.807) is 41.2 Å². The smallest absolute Gasteiger partial charge is 0.315 e. The van der Waals surface area contributed by atoms with Gasteiger partial charge >= 0.3 is 6.03 Å². The Balaban J connectivity index is 1.52. The maximum absolute atomic E-state index is 14.2. The molecule has 0 unspecified atom stereocenters. The molecule has 2 aromatic carbocycles. The Hall–Kier alpha value is -3.55. The molecular weight excluding hydrogens is 351 g/mol. The van der Waals surface area contributed by atoms with Gasteiger partial charge in [0.05, 0.1) is 19.1 Å². The van der Waals surface area contributed by atoms with E-state index >= 15 is 0 Å². The van der Waals surface area contributed by atoms with Crippen LogP contribution in [-0.2, 0) is 13.1 Å². The first-order valence-electron chi connectivity index (χ1n) is 8.21. The van der Waals surface area contributed by atoms with E-state index in [0.29, 0.717) is 17.0 Å². The number of phenols is 1. The molecule has 3 rings (SSSR count). The second kappa shape index (κ2) is 8.22. The molecule has 0 saturated carbocycles. The van der Waals surface area contributed by atoms with Gasteiger partial charge in [0.25, 0.3) is 0 Å². The highest BCUT2D eigenvalue weighted by atomic mass is 19.1. The van der Waals surface area contributed by atoms with E-state index in [4.69, 9.17) is 4.74 Å². The second-order valence-corrected chi connectivity index (χ2v) is 5.80. The first kappa shape index (κ1) is 18.2. The molecule has 0 saturated heterocycles. The van der Waals surface area contributed by atoms with Crippen molar-refractivity contribution in [3.8, 4) is 17.2 Å². The Bertz CT molecular complexity index is 929. The zero-order valence-electron chi connectivity index (χ0n) is 14.6. The number of ether oxygens (including phenoxy) is 1. The number of methoxy groups -OCH3 is 1. The largest absolute Gasteiger partial charge is 0.504 e. The predicted octanol–water partition coefficient (Wildman–Crippen LogP) is 2.73. The Kier molecular flexibility index (Phi) is 5.55. The van der Waals surface area contributed by atoms with Crippen LogP contribution in [0.3, 0.4) is 0 Å². The molecule has 0 atom stereocenters. The molecule has 7 nitrogen and oxygen atoms in total. The monoisotopic (exact) mass is 370 g/mol. The quantitative estimate of drug-likeness (QED) is 0.623. The number of aromatic nitrogens is 2. The lowest BCUT2D eigenvalue weighted by Gasteiger charge is -2.10. The summed E-state index contributed by atoms with van der Waals surface area (Å²) < 4.78 is 20.7. The topological polar surface area (TPSA) is 88.4 Å². The summed E-state index contributed by atoms with van der Waals surface area (Å²) in [6.07, 6.45) is 4.74. The minimum Gasteiger partial charge on any atom is -0.504 e. The molecule has 0 aliphatic rings. The number of carbonyl (C=O) groups is 1. The number of urea groups is 1. The van der Waals surface area contributed by atoms with Gasteiger partial charge in [-0.05, 0) is 35.4 Å². The van der Waals surface area contributed by atoms with Gasteiger partial charge in [-0.15, -0.1) is 0 Å². The molecule has 0 fully saturated rings. The maximum Gasteiger partial charge on any atom is 0.315 e. The van der Waals surface area contributed by atoms with Crippen molar-refractivity contribution in [3.05, 3.63) is 72.1 Å². The molecule has 3 N–H and O–H groups in total. The van der Waals surface area contributed by atoms with Crippen LogP contribution in [0.5, 0.6) is 11.5 Å². The third-order valence-corrected chi connectivity index (χ3v) is 3.94. The molecular formula is C19H19FN4O3. The van der Waals surface area contributed by atoms with Crippen molar-refractivity contribution in [2.75, 3.05) is 7.11 Å². The van der Waals surface area contributed by atoms with Crippen molar-refractivity contribution in [1.82, 2.24) is 20.2 Å². The van der Waals surface area contributed by atoms with Crippen LogP contribution in [0.2, 0.25) is 0 Å². The number of hydrogen-bond donors (Lipinski definition) is 3. The summed E-state index contributed by atoms with van der Waals surface area (Å²) in [5, 5.41) is 15.1. The van der Waals surface area contributed by atoms with Gasteiger partial charge in [-0.25, -0.2) is 14.2 Å². The molecule has 0 aliphatic heterocycles. The van der Waals surface area contributed by atoms with Gasteiger partial charge in [0, 0.05) is 25.5 Å². The molecule has 2 amide bonds. The minimum atomic E-state index is -0.401. The lowest BCUT2D eigenvalue weighted by molar-refractivity contribution is 0.240. The predicted molar refractivity (Wildman–Crippen MR) is 97.3 cm³/mol. The van der Waals surface area contributed by atoms with Crippen molar-refractivity contribution in [2.45, 2.75) is 13.1 Å². The molecule has 140 valence electrons. The SMILES string of the molecule is COc1ccc(CNC(=O)NCc2ccc(-n3ccnc3)c(F)c2)cc1O. The van der Waals surface area contributed by atoms with E-state index < -0.39 is 11.8 Å². The normalized spacial score (nSPS) is 10.4. The van der Waals surface area contributed by atoms with E-state index in [1.165, 1.54) is 25.6 Å². The Morgan fingerprint density at radius 2 is 1.89 bits per heavy atom. The van der Waals surface area contributed by atoms with Crippen molar-refractivity contribution < 1.29 is 19.0 Å². The lowest BCUT2D eigenvalue weighted by Crippen LogP contribution is -2.34. The van der Waals surface area contributed by atoms with Gasteiger partial charge in [-0.3, -0.25) is 0 Å². The van der Waals surface area contributed by atoms with Gasteiger partial charge in [0.1, 0.15) is 5.82 Å². The molecule has 0 spiro atoms. The van der Waals surface area contributed by atoms with Gasteiger partial charge in [-0.2, -0.15) is 0 Å². The van der Waals surface area contributed by atoms with Crippen LogP contribution in [0.25, 0.3) is 5.69 Å². The Morgan fingerprint density at radius 1 is 1.19 bits per heavy atom. The molecule has 0 aliphatic carbocycles. The van der Waals surface area contributed by atoms with Crippen molar-refractivity contribution in [1.29, 1.82) is 0 Å². The highest BCUT2D eigenvalue weighted by Gasteiger charge is 2.07. The summed E-state index contributed by atoms with van der Waals surface area (Å²) in [6.45, 7) is 0.415. The van der Waals surface area contributed by atoms with Crippen LogP contribution >= 0.6 is 0 Å². The number of benzene rings is 2. The summed E-state index contributed by atoms with van der Waals surface area (Å²) in [5.41, 5.74) is 1.74. The highest BCUT2D eigenvalue weighted by molar-refractivity contribution is 5.73. The second-order valence-electron chi connectivity index (χ2n) is 5.80. The molecule has 8 heteroatoms. The van der Waals surface area contributed by atoms with Gasteiger partial charge in [0.15, 0.2) is 11.5 Å². The lowest BCUT2D eigenvalue weighted by atomic mass is 10.2. The molecule has 3 aromatic rings. The van der Waals surface area contributed by atoms with Crippen LogP contribution in [0.4, 0.5) is 9.18 Å². The number of amides is 2. The van der Waals surface area contributed by atoms with Gasteiger partial charge in [-0.1, -0.05) is 12.1 Å². The number of nitrogens with zero attached hydrogens (tertiary/aromatic N) is 2. The van der Waals surface area contributed by atoms with Crippen LogP contribution < -0.4 is 15.4 Å². The minimum absolute atomic E-state index is 0.00525. The third kappa shape index (κ3) is 4.55. The Morgan fingerprint density at radius 3 is 2.48 bits per heavy atom. The fourth-order valence-electron chi connectivity index (χ4n) is 2.54. The summed E-state index contributed by atoms with van der Waals surface area (Å²) in [7, 11) is 1.46. The number of nitrogens with one attached hydrogen (secondary N) is 2. The highest BCUT2D eigenvalue weighted by Crippen LogP contribution is 2.26. The zero-order chi connectivity index (χ0) is 19.2. The van der Waals surface area contributed by atoms with E-state index in [0.717, 1.165) is 5.56 Å². The zero-order valence-corrected chi connectivity index (χ0v) is 14.6. The van der Waals surface area contributed by atoms with Crippen molar-refractivity contribution in [2.24, 2.45) is 0 Å². The molecule has 27 heavy (non-hydrogen) atoms. The number of rotatable bonds is 6. The number of phenolic OH excluding ortho intramolecular Hbond substituents is 1. The third-order valence-electron chi connectivity index (χ3n) is 3.94. The van der Waals surface area contributed by atoms with E-state index in [-0.39, 0.29) is 18.8 Å². The van der Waals surface area contributed by atoms with Crippen LogP contribution in [0.15, 0.2) is 55.1 Å². The first-order chi connectivity index (χ1) is 13.1. The van der Waals surface area contributed by atoms with Crippen LogP contribution in [0.1, 0.15) is 11.1 Å². The number of carbonyl (C=O) groups excluding carboxylic acids is 1. The number of imidazole rings is 1. The Labute approximate surface area is 155 Å². The standard InChI is InChI=1S/C19H19FN4O3/c1-27-18-5-3-14(9-17(18)25)11-23-19(26)22-10-13-2-4-16(15(20)8-13)24-7-6-21-12-24/h2-9,12,25H,10-11H2,1H3,(H2,22,23,26). The van der Waals surface area contributed by atoms with E-state index in [1.807, 2.05) is 0 Å². The fourth-order valence-corrected chi connectivity index (χ4v) is 2.54. The van der Waals surface area contributed by atoms with Crippen molar-refractivity contribution in [3.63, 3.8) is 0 Å². The number of hydrogen-bond acceptors (Lipinski definition) is 4. The number of halogens is 1. The van der Waals surface area contributed by atoms with Crippen molar-refractivity contribution >= 4 is 6.03 Å². The first-order valence-corrected chi connectivity index (χ1v) is 8.21. The molecule has 0 radical (unpaired) electrons. The average molecular weight is 370 g/mol. The number of aromatic hydroxyl groups is 1. The van der Waals surface area contributed by atoms with E-state index in [2.05, 4.69) is 15.6 Å². The fraction of sp³-hybridized carbons (Fsp3) is 0.158. The van der Waals surface area contributed by atoms with Crippen LogP contribution in [-0.4, -0.2) is 27.8 Å². The van der Waals surface area contributed by atoms with E-state index in [9.17, 15) is 14.3 Å². The van der Waals surface area contributed by atoms with Gasteiger partial charge < -0.3 is 25.0 Å². The molecule has 0 bridgehead atoms.